The zero-order valence-electron chi connectivity index (χ0n) is 15.1. The summed E-state index contributed by atoms with van der Waals surface area (Å²) in [6.45, 7) is 3.66. The molecule has 0 atom stereocenters. The van der Waals surface area contributed by atoms with Gasteiger partial charge in [0.05, 0.1) is 0 Å². The molecule has 27 heavy (non-hydrogen) atoms. The van der Waals surface area contributed by atoms with Gasteiger partial charge in [-0.2, -0.15) is 13.2 Å². The Balaban J connectivity index is 1.77. The number of anilines is 2. The topological polar surface area (TPSA) is 37.8 Å². The van der Waals surface area contributed by atoms with Crippen LogP contribution >= 0.6 is 0 Å². The average molecular weight is 371 g/mol. The lowest BCUT2D eigenvalue weighted by Crippen LogP contribution is -2.13. The van der Waals surface area contributed by atoms with E-state index >= 15 is 0 Å². The van der Waals surface area contributed by atoms with Gasteiger partial charge >= 0.3 is 6.18 Å². The van der Waals surface area contributed by atoms with Gasteiger partial charge in [-0.05, 0) is 42.2 Å². The second-order valence-electron chi connectivity index (χ2n) is 6.37. The number of hydrogen-bond acceptors (Lipinski definition) is 3. The highest BCUT2D eigenvalue weighted by Crippen LogP contribution is 2.28. The predicted octanol–water partition coefficient (Wildman–Crippen LogP) is 6.17. The highest BCUT2D eigenvalue weighted by Gasteiger charge is 2.35. The molecule has 1 aromatic heterocycles. The van der Waals surface area contributed by atoms with Crippen LogP contribution in [0.25, 0.3) is 11.1 Å². The molecule has 0 unspecified atom stereocenters. The largest absolute Gasteiger partial charge is 0.451 e. The van der Waals surface area contributed by atoms with Crippen molar-refractivity contribution in [1.29, 1.82) is 0 Å². The summed E-state index contributed by atoms with van der Waals surface area (Å²) < 4.78 is 38.6. The Kier molecular flexibility index (Phi) is 5.44. The Morgan fingerprint density at radius 1 is 0.889 bits per heavy atom. The SMILES string of the molecule is CCCc1ccc(-c2ccc(Nc3cc(C)nc(C(F)(F)F)n3)cc2)cc1. The van der Waals surface area contributed by atoms with Gasteiger partial charge in [-0.3, -0.25) is 0 Å². The maximum Gasteiger partial charge on any atom is 0.451 e. The van der Waals surface area contributed by atoms with Crippen LogP contribution < -0.4 is 5.32 Å². The highest BCUT2D eigenvalue weighted by atomic mass is 19.4. The molecule has 3 aromatic rings. The minimum Gasteiger partial charge on any atom is -0.340 e. The quantitative estimate of drug-likeness (QED) is 0.583. The minimum absolute atomic E-state index is 0.117. The maximum absolute atomic E-state index is 12.9. The van der Waals surface area contributed by atoms with Crippen molar-refractivity contribution in [2.75, 3.05) is 5.32 Å². The van der Waals surface area contributed by atoms with E-state index in [1.165, 1.54) is 18.6 Å². The zero-order chi connectivity index (χ0) is 19.4. The number of rotatable bonds is 5. The van der Waals surface area contributed by atoms with E-state index in [1.54, 1.807) is 0 Å². The van der Waals surface area contributed by atoms with Gasteiger partial charge in [0.1, 0.15) is 5.82 Å². The highest BCUT2D eigenvalue weighted by molar-refractivity contribution is 5.68. The van der Waals surface area contributed by atoms with Crippen molar-refractivity contribution < 1.29 is 13.2 Å². The lowest BCUT2D eigenvalue weighted by molar-refractivity contribution is -0.145. The monoisotopic (exact) mass is 371 g/mol. The van der Waals surface area contributed by atoms with Crippen molar-refractivity contribution >= 4 is 11.5 Å². The number of hydrogen-bond donors (Lipinski definition) is 1. The Morgan fingerprint density at radius 3 is 2.04 bits per heavy atom. The fraction of sp³-hybridized carbons (Fsp3) is 0.238. The molecule has 0 aliphatic rings. The Morgan fingerprint density at radius 2 is 1.48 bits per heavy atom. The van der Waals surface area contributed by atoms with E-state index in [0.29, 0.717) is 5.69 Å². The second-order valence-corrected chi connectivity index (χ2v) is 6.37. The molecule has 1 heterocycles. The van der Waals surface area contributed by atoms with Crippen molar-refractivity contribution in [2.45, 2.75) is 32.9 Å². The minimum atomic E-state index is -4.57. The van der Waals surface area contributed by atoms with Crippen LogP contribution in [-0.4, -0.2) is 9.97 Å². The summed E-state index contributed by atoms with van der Waals surface area (Å²) in [6, 6.07) is 17.4. The molecule has 0 amide bonds. The van der Waals surface area contributed by atoms with E-state index in [1.807, 2.05) is 24.3 Å². The van der Waals surface area contributed by atoms with Crippen LogP contribution in [0.15, 0.2) is 54.6 Å². The van der Waals surface area contributed by atoms with Crippen LogP contribution in [0.3, 0.4) is 0 Å². The second kappa shape index (κ2) is 7.78. The number of alkyl halides is 3. The molecule has 0 fully saturated rings. The summed E-state index contributed by atoms with van der Waals surface area (Å²) >= 11 is 0. The van der Waals surface area contributed by atoms with Gasteiger partial charge in [-0.25, -0.2) is 9.97 Å². The molecule has 0 spiro atoms. The molecule has 0 saturated carbocycles. The Labute approximate surface area is 156 Å². The molecule has 1 N–H and O–H groups in total. The van der Waals surface area contributed by atoms with Gasteiger partial charge in [-0.1, -0.05) is 49.7 Å². The molecule has 0 saturated heterocycles. The zero-order valence-corrected chi connectivity index (χ0v) is 15.1. The number of nitrogens with zero attached hydrogens (tertiary/aromatic N) is 2. The molecule has 3 nitrogen and oxygen atoms in total. The average Bonchev–Trinajstić information content (AvgIpc) is 2.62. The Bertz CT molecular complexity index is 901. The Hall–Kier alpha value is -2.89. The van der Waals surface area contributed by atoms with Gasteiger partial charge < -0.3 is 5.32 Å². The summed E-state index contributed by atoms with van der Waals surface area (Å²) in [6.07, 6.45) is -2.41. The van der Waals surface area contributed by atoms with Gasteiger partial charge in [-0.15, -0.1) is 0 Å². The van der Waals surface area contributed by atoms with Gasteiger partial charge in [0.25, 0.3) is 0 Å². The van der Waals surface area contributed by atoms with E-state index < -0.39 is 12.0 Å². The standard InChI is InChI=1S/C21H20F3N3/c1-3-4-15-5-7-16(8-6-15)17-9-11-18(12-10-17)26-19-13-14(2)25-20(27-19)21(22,23)24/h5-13H,3-4H2,1-2H3,(H,25,26,27). The van der Waals surface area contributed by atoms with Crippen LogP contribution in [0.1, 0.15) is 30.4 Å². The molecule has 6 heteroatoms. The lowest BCUT2D eigenvalue weighted by atomic mass is 10.0. The van der Waals surface area contributed by atoms with Gasteiger partial charge in [0, 0.05) is 17.4 Å². The molecule has 0 radical (unpaired) electrons. The van der Waals surface area contributed by atoms with Crippen molar-refractivity contribution in [2.24, 2.45) is 0 Å². The first-order valence-electron chi connectivity index (χ1n) is 8.74. The number of aryl methyl sites for hydroxylation is 2. The summed E-state index contributed by atoms with van der Waals surface area (Å²) in [5.74, 6) is -1.03. The molecule has 0 bridgehead atoms. The first-order valence-corrected chi connectivity index (χ1v) is 8.74. The number of benzene rings is 2. The lowest BCUT2D eigenvalue weighted by Gasteiger charge is -2.11. The molecular formula is C21H20F3N3. The van der Waals surface area contributed by atoms with E-state index in [9.17, 15) is 13.2 Å². The van der Waals surface area contributed by atoms with Crippen LogP contribution in [0.2, 0.25) is 0 Å². The molecule has 3 rings (SSSR count). The van der Waals surface area contributed by atoms with Crippen LogP contribution in [0.5, 0.6) is 0 Å². The predicted molar refractivity (Wildman–Crippen MR) is 101 cm³/mol. The third kappa shape index (κ3) is 4.84. The van der Waals surface area contributed by atoms with Crippen LogP contribution in [0, 0.1) is 6.92 Å². The molecule has 0 aliphatic carbocycles. The number of halogens is 3. The normalized spacial score (nSPS) is 11.4. The molecule has 140 valence electrons. The molecule has 0 aliphatic heterocycles. The fourth-order valence-electron chi connectivity index (χ4n) is 2.81. The summed E-state index contributed by atoms with van der Waals surface area (Å²) in [5.41, 5.74) is 4.35. The first-order chi connectivity index (χ1) is 12.8. The van der Waals surface area contributed by atoms with Crippen molar-refractivity contribution in [3.63, 3.8) is 0 Å². The van der Waals surface area contributed by atoms with Crippen molar-refractivity contribution in [3.8, 4) is 11.1 Å². The third-order valence-electron chi connectivity index (χ3n) is 4.09. The van der Waals surface area contributed by atoms with Gasteiger partial charge in [0.15, 0.2) is 0 Å². The smallest absolute Gasteiger partial charge is 0.340 e. The summed E-state index contributed by atoms with van der Waals surface area (Å²) in [5, 5.41) is 2.91. The van der Waals surface area contributed by atoms with E-state index in [0.717, 1.165) is 24.0 Å². The summed E-state index contributed by atoms with van der Waals surface area (Å²) in [4.78, 5) is 7.01. The first kappa shape index (κ1) is 18.9. The fourth-order valence-corrected chi connectivity index (χ4v) is 2.81. The number of nitrogens with one attached hydrogen (secondary N) is 1. The molecular weight excluding hydrogens is 351 g/mol. The third-order valence-corrected chi connectivity index (χ3v) is 4.09. The van der Waals surface area contributed by atoms with Crippen molar-refractivity contribution in [3.05, 3.63) is 71.7 Å². The van der Waals surface area contributed by atoms with Gasteiger partial charge in [0.2, 0.25) is 5.82 Å². The molecule has 2 aromatic carbocycles. The van der Waals surface area contributed by atoms with Crippen molar-refractivity contribution in [1.82, 2.24) is 9.97 Å². The maximum atomic E-state index is 12.9. The van der Waals surface area contributed by atoms with E-state index in [-0.39, 0.29) is 11.5 Å². The van der Waals surface area contributed by atoms with Crippen LogP contribution in [-0.2, 0) is 12.6 Å². The van der Waals surface area contributed by atoms with Crippen LogP contribution in [0.4, 0.5) is 24.7 Å². The van der Waals surface area contributed by atoms with E-state index in [4.69, 9.17) is 0 Å². The van der Waals surface area contributed by atoms with E-state index in [2.05, 4.69) is 46.5 Å². The number of aromatic nitrogens is 2. The summed E-state index contributed by atoms with van der Waals surface area (Å²) in [7, 11) is 0.